The molecule has 2 bridgehead atoms. The highest BCUT2D eigenvalue weighted by Gasteiger charge is 2.44. The smallest absolute Gasteiger partial charge is 0.416 e. The third-order valence-electron chi connectivity index (χ3n) is 9.49. The number of pyridine rings is 1. The number of anilines is 2. The van der Waals surface area contributed by atoms with Crippen LogP contribution in [-0.2, 0) is 18.9 Å². The standard InChI is InChI=1S/C33H32F6N4O3/c1-3-18-16-43-9-7-19(18)12-26(43)27(23-6-8-40-25-5-4-22(46-2)14-24(23)25)42-29-28(30(44)31(29)45)41-15-17-10-20(32(34,35)36)13-21(11-17)33(37,38)39/h4-6,8,10-11,13-14,18-19,26-27,41-42H,3,7,9,12,15-16H2,1-2H3/t18-,19?,26?,27+/m0/s1. The Kier molecular flexibility index (Phi) is 8.24. The third kappa shape index (κ3) is 5.92. The van der Waals surface area contributed by atoms with Crippen LogP contribution >= 0.6 is 0 Å². The van der Waals surface area contributed by atoms with Crippen LogP contribution in [0, 0.1) is 11.8 Å². The average Bonchev–Trinajstić information content (AvgIpc) is 3.04. The molecule has 244 valence electrons. The summed E-state index contributed by atoms with van der Waals surface area (Å²) in [5.41, 5.74) is -3.70. The van der Waals surface area contributed by atoms with E-state index in [0.29, 0.717) is 35.2 Å². The van der Waals surface area contributed by atoms with E-state index in [1.165, 1.54) is 0 Å². The van der Waals surface area contributed by atoms with Gasteiger partial charge in [-0.2, -0.15) is 26.3 Å². The van der Waals surface area contributed by atoms with Crippen LogP contribution in [0.2, 0.25) is 0 Å². The zero-order valence-corrected chi connectivity index (χ0v) is 25.1. The molecule has 5 atom stereocenters. The molecule has 13 heteroatoms. The minimum absolute atomic E-state index is 0.0444. The van der Waals surface area contributed by atoms with Crippen LogP contribution in [0.5, 0.6) is 5.75 Å². The summed E-state index contributed by atoms with van der Waals surface area (Å²) in [7, 11) is 1.55. The second kappa shape index (κ2) is 11.9. The van der Waals surface area contributed by atoms with Crippen molar-refractivity contribution >= 4 is 22.3 Å². The van der Waals surface area contributed by atoms with Gasteiger partial charge >= 0.3 is 12.4 Å². The molecule has 0 amide bonds. The van der Waals surface area contributed by atoms with Crippen molar-refractivity contribution in [3.05, 3.63) is 91.4 Å². The minimum atomic E-state index is -5.01. The predicted molar refractivity (Wildman–Crippen MR) is 162 cm³/mol. The average molecular weight is 647 g/mol. The number of ether oxygens (including phenoxy) is 1. The molecule has 4 heterocycles. The van der Waals surface area contributed by atoms with Gasteiger partial charge in [0.25, 0.3) is 10.9 Å². The highest BCUT2D eigenvalue weighted by molar-refractivity contribution is 5.85. The van der Waals surface area contributed by atoms with Crippen LogP contribution in [-0.4, -0.2) is 36.1 Å². The minimum Gasteiger partial charge on any atom is -0.497 e. The van der Waals surface area contributed by atoms with Crippen LogP contribution in [0.25, 0.3) is 10.9 Å². The van der Waals surface area contributed by atoms with Crippen LogP contribution < -0.4 is 26.2 Å². The molecule has 0 spiro atoms. The van der Waals surface area contributed by atoms with Gasteiger partial charge < -0.3 is 15.4 Å². The van der Waals surface area contributed by atoms with Gasteiger partial charge in [0.1, 0.15) is 17.1 Å². The second-order valence-electron chi connectivity index (χ2n) is 12.1. The number of alkyl halides is 6. The van der Waals surface area contributed by atoms with Crippen molar-refractivity contribution in [2.24, 2.45) is 11.8 Å². The number of hydrogen-bond acceptors (Lipinski definition) is 7. The van der Waals surface area contributed by atoms with E-state index in [-0.39, 0.29) is 29.0 Å². The molecule has 3 aliphatic rings. The van der Waals surface area contributed by atoms with E-state index in [1.807, 2.05) is 18.2 Å². The van der Waals surface area contributed by atoms with E-state index in [1.54, 1.807) is 19.4 Å². The normalized spacial score (nSPS) is 22.3. The van der Waals surface area contributed by atoms with Gasteiger partial charge in [-0.15, -0.1) is 0 Å². The predicted octanol–water partition coefficient (Wildman–Crippen LogP) is 6.76. The largest absolute Gasteiger partial charge is 0.497 e. The molecule has 7 rings (SSSR count). The highest BCUT2D eigenvalue weighted by atomic mass is 19.4. The summed E-state index contributed by atoms with van der Waals surface area (Å²) in [5, 5.41) is 6.74. The Labute approximate surface area is 260 Å². The number of benzene rings is 2. The lowest BCUT2D eigenvalue weighted by molar-refractivity contribution is -0.143. The summed E-state index contributed by atoms with van der Waals surface area (Å²) in [5.74, 6) is 1.62. The Hall–Kier alpha value is -4.13. The van der Waals surface area contributed by atoms with Gasteiger partial charge in [-0.3, -0.25) is 19.5 Å². The van der Waals surface area contributed by atoms with E-state index in [2.05, 4.69) is 27.4 Å². The first kappa shape index (κ1) is 31.8. The van der Waals surface area contributed by atoms with Gasteiger partial charge in [0.2, 0.25) is 0 Å². The van der Waals surface area contributed by atoms with Crippen molar-refractivity contribution in [3.63, 3.8) is 0 Å². The van der Waals surface area contributed by atoms with Crippen molar-refractivity contribution in [1.29, 1.82) is 0 Å². The molecular weight excluding hydrogens is 614 g/mol. The molecule has 1 aromatic heterocycles. The summed E-state index contributed by atoms with van der Waals surface area (Å²) < 4.78 is 86.0. The van der Waals surface area contributed by atoms with Crippen LogP contribution in [0.4, 0.5) is 37.7 Å². The number of fused-ring (bicyclic) bond motifs is 4. The van der Waals surface area contributed by atoms with E-state index in [4.69, 9.17) is 4.74 Å². The fraction of sp³-hybridized carbons (Fsp3) is 0.424. The zero-order valence-electron chi connectivity index (χ0n) is 25.1. The van der Waals surface area contributed by atoms with Crippen LogP contribution in [0.15, 0.2) is 58.3 Å². The molecule has 4 aromatic rings. The monoisotopic (exact) mass is 646 g/mol. The van der Waals surface area contributed by atoms with E-state index in [9.17, 15) is 35.9 Å². The number of hydrogen-bond donors (Lipinski definition) is 2. The molecule has 0 radical (unpaired) electrons. The van der Waals surface area contributed by atoms with E-state index in [0.717, 1.165) is 43.3 Å². The Morgan fingerprint density at radius 3 is 2.28 bits per heavy atom. The van der Waals surface area contributed by atoms with Crippen molar-refractivity contribution in [2.45, 2.75) is 57.2 Å². The maximum absolute atomic E-state index is 13.4. The quantitative estimate of drug-likeness (QED) is 0.154. The van der Waals surface area contributed by atoms with Gasteiger partial charge in [-0.1, -0.05) is 13.3 Å². The van der Waals surface area contributed by atoms with E-state index < -0.39 is 46.9 Å². The van der Waals surface area contributed by atoms with Crippen molar-refractivity contribution in [2.75, 3.05) is 30.8 Å². The number of piperidine rings is 3. The lowest BCUT2D eigenvalue weighted by Crippen LogP contribution is -2.56. The fourth-order valence-electron chi connectivity index (χ4n) is 7.08. The topological polar surface area (TPSA) is 83.6 Å². The molecule has 3 aliphatic heterocycles. The second-order valence-corrected chi connectivity index (χ2v) is 12.1. The van der Waals surface area contributed by atoms with Gasteiger partial charge in [0.15, 0.2) is 0 Å². The Bertz CT molecular complexity index is 1800. The summed E-state index contributed by atoms with van der Waals surface area (Å²) in [6.45, 7) is 3.38. The maximum atomic E-state index is 13.4. The van der Waals surface area contributed by atoms with Crippen LogP contribution in [0.1, 0.15) is 54.5 Å². The SMILES string of the molecule is CC[C@H]1CN2CCC1CC2[C@H](Nc1c(NCc2cc(C(F)(F)F)cc(C(F)(F)F)c2)c(=O)c1=O)c1ccnc2ccc(OC)cc12. The first-order valence-electron chi connectivity index (χ1n) is 15.1. The summed E-state index contributed by atoms with van der Waals surface area (Å²) >= 11 is 0. The molecular formula is C33H32F6N4O3. The molecule has 3 saturated heterocycles. The number of halogens is 6. The van der Waals surface area contributed by atoms with E-state index >= 15 is 0 Å². The highest BCUT2D eigenvalue weighted by Crippen LogP contribution is 2.44. The first-order chi connectivity index (χ1) is 21.8. The third-order valence-corrected chi connectivity index (χ3v) is 9.49. The summed E-state index contributed by atoms with van der Waals surface area (Å²) in [4.78, 5) is 32.6. The number of nitrogens with one attached hydrogen (secondary N) is 2. The molecule has 0 saturated carbocycles. The molecule has 3 unspecified atom stereocenters. The zero-order chi connectivity index (χ0) is 33.0. The molecule has 0 aliphatic carbocycles. The molecule has 3 fully saturated rings. The lowest BCUT2D eigenvalue weighted by atomic mass is 9.72. The summed E-state index contributed by atoms with van der Waals surface area (Å²) in [6, 6.07) is 7.99. The molecule has 2 N–H and O–H groups in total. The Morgan fingerprint density at radius 2 is 1.67 bits per heavy atom. The maximum Gasteiger partial charge on any atom is 0.416 e. The van der Waals surface area contributed by atoms with Crippen LogP contribution in [0.3, 0.4) is 0 Å². The summed E-state index contributed by atoms with van der Waals surface area (Å²) in [6.07, 6.45) is -5.43. The molecule has 3 aromatic carbocycles. The van der Waals surface area contributed by atoms with Crippen molar-refractivity contribution in [3.8, 4) is 5.75 Å². The Balaban J connectivity index is 1.36. The van der Waals surface area contributed by atoms with Gasteiger partial charge in [0.05, 0.1) is 29.8 Å². The number of rotatable bonds is 9. The van der Waals surface area contributed by atoms with Gasteiger partial charge in [-0.25, -0.2) is 0 Å². The molecule has 46 heavy (non-hydrogen) atoms. The number of methoxy groups -OCH3 is 1. The van der Waals surface area contributed by atoms with Gasteiger partial charge in [-0.05, 0) is 84.8 Å². The Morgan fingerprint density at radius 1 is 0.978 bits per heavy atom. The lowest BCUT2D eigenvalue weighted by Gasteiger charge is -2.52. The fourth-order valence-corrected chi connectivity index (χ4v) is 7.08. The first-order valence-corrected chi connectivity index (χ1v) is 15.1. The number of nitrogens with zero attached hydrogens (tertiary/aromatic N) is 2. The van der Waals surface area contributed by atoms with Crippen molar-refractivity contribution < 1.29 is 31.1 Å². The van der Waals surface area contributed by atoms with Gasteiger partial charge in [0, 0.05) is 30.7 Å². The molecule has 7 nitrogen and oxygen atoms in total. The number of aromatic nitrogens is 1. The van der Waals surface area contributed by atoms with Crippen molar-refractivity contribution in [1.82, 2.24) is 9.88 Å².